The Balaban J connectivity index is 2.16. The molecular formula is C13H13Cl2N3. The van der Waals surface area contributed by atoms with Crippen LogP contribution in [-0.2, 0) is 0 Å². The summed E-state index contributed by atoms with van der Waals surface area (Å²) in [6, 6.07) is 5.70. The van der Waals surface area contributed by atoms with Gasteiger partial charge in [0.25, 0.3) is 0 Å². The standard InChI is InChI=1S/C13H13Cl2N3/c14-9-7-10-12(18-5-3-16-4-6-18)1-2-17-13(10)11(15)8-9/h1-2,7-8,16H,3-6H2. The molecule has 0 bridgehead atoms. The maximum absolute atomic E-state index is 6.20. The van der Waals surface area contributed by atoms with Crippen LogP contribution in [0.5, 0.6) is 0 Å². The molecule has 1 aromatic carbocycles. The Morgan fingerprint density at radius 1 is 1.17 bits per heavy atom. The van der Waals surface area contributed by atoms with Gasteiger partial charge >= 0.3 is 0 Å². The van der Waals surface area contributed by atoms with Crippen LogP contribution in [-0.4, -0.2) is 31.2 Å². The molecule has 0 aliphatic carbocycles. The number of pyridine rings is 1. The summed E-state index contributed by atoms with van der Waals surface area (Å²) in [6.07, 6.45) is 1.81. The molecule has 5 heteroatoms. The number of hydrogen-bond acceptors (Lipinski definition) is 3. The van der Waals surface area contributed by atoms with Gasteiger partial charge < -0.3 is 10.2 Å². The van der Waals surface area contributed by atoms with Crippen molar-refractivity contribution >= 4 is 39.8 Å². The lowest BCUT2D eigenvalue weighted by Gasteiger charge is -2.30. The first kappa shape index (κ1) is 12.0. The molecule has 3 nitrogen and oxygen atoms in total. The first-order valence-electron chi connectivity index (χ1n) is 5.95. The monoisotopic (exact) mass is 281 g/mol. The molecule has 3 rings (SSSR count). The largest absolute Gasteiger partial charge is 0.368 e. The number of hydrogen-bond donors (Lipinski definition) is 1. The van der Waals surface area contributed by atoms with E-state index in [1.54, 1.807) is 12.3 Å². The van der Waals surface area contributed by atoms with E-state index >= 15 is 0 Å². The summed E-state index contributed by atoms with van der Waals surface area (Å²) in [4.78, 5) is 6.68. The van der Waals surface area contributed by atoms with Crippen molar-refractivity contribution in [3.8, 4) is 0 Å². The smallest absolute Gasteiger partial charge is 0.0909 e. The second-order valence-corrected chi connectivity index (χ2v) is 5.19. The quantitative estimate of drug-likeness (QED) is 0.871. The third-order valence-electron chi connectivity index (χ3n) is 3.20. The van der Waals surface area contributed by atoms with Gasteiger partial charge in [0.05, 0.1) is 10.5 Å². The van der Waals surface area contributed by atoms with Crippen LogP contribution in [0.2, 0.25) is 10.0 Å². The number of nitrogens with zero attached hydrogens (tertiary/aromatic N) is 2. The average Bonchev–Trinajstić information content (AvgIpc) is 2.39. The Kier molecular flexibility index (Phi) is 3.29. The predicted octanol–water partition coefficient (Wildman–Crippen LogP) is 2.95. The summed E-state index contributed by atoms with van der Waals surface area (Å²) in [6.45, 7) is 3.97. The van der Waals surface area contributed by atoms with Crippen LogP contribution in [0.25, 0.3) is 10.9 Å². The summed E-state index contributed by atoms with van der Waals surface area (Å²) in [5.74, 6) is 0. The van der Waals surface area contributed by atoms with Crippen molar-refractivity contribution < 1.29 is 0 Å². The van der Waals surface area contributed by atoms with Crippen molar-refractivity contribution in [2.45, 2.75) is 0 Å². The number of anilines is 1. The fourth-order valence-electron chi connectivity index (χ4n) is 2.35. The number of aromatic nitrogens is 1. The molecule has 1 fully saturated rings. The Bertz CT molecular complexity index is 580. The molecule has 1 aliphatic rings. The summed E-state index contributed by atoms with van der Waals surface area (Å²) in [7, 11) is 0. The lowest BCUT2D eigenvalue weighted by Crippen LogP contribution is -2.43. The molecule has 1 aliphatic heterocycles. The molecule has 0 saturated carbocycles. The van der Waals surface area contributed by atoms with Crippen molar-refractivity contribution in [3.63, 3.8) is 0 Å². The van der Waals surface area contributed by atoms with Crippen molar-refractivity contribution in [1.29, 1.82) is 0 Å². The SMILES string of the molecule is Clc1cc(Cl)c2nccc(N3CCNCC3)c2c1. The van der Waals surface area contributed by atoms with Gasteiger partial charge in [0.2, 0.25) is 0 Å². The Morgan fingerprint density at radius 2 is 1.94 bits per heavy atom. The van der Waals surface area contributed by atoms with Gasteiger partial charge in [0, 0.05) is 48.5 Å². The zero-order chi connectivity index (χ0) is 12.5. The highest BCUT2D eigenvalue weighted by atomic mass is 35.5. The molecule has 1 N–H and O–H groups in total. The van der Waals surface area contributed by atoms with E-state index in [1.165, 1.54) is 0 Å². The van der Waals surface area contributed by atoms with Crippen molar-refractivity contribution in [2.24, 2.45) is 0 Å². The predicted molar refractivity (Wildman–Crippen MR) is 76.8 cm³/mol. The Labute approximate surface area is 116 Å². The second-order valence-electron chi connectivity index (χ2n) is 4.35. The van der Waals surface area contributed by atoms with Crippen LogP contribution in [0.15, 0.2) is 24.4 Å². The third-order valence-corrected chi connectivity index (χ3v) is 3.70. The molecule has 2 heterocycles. The highest BCUT2D eigenvalue weighted by molar-refractivity contribution is 6.38. The highest BCUT2D eigenvalue weighted by Gasteiger charge is 2.15. The Hall–Kier alpha value is -1.03. The molecule has 0 radical (unpaired) electrons. The van der Waals surface area contributed by atoms with E-state index in [4.69, 9.17) is 23.2 Å². The van der Waals surface area contributed by atoms with Gasteiger partial charge in [-0.15, -0.1) is 0 Å². The molecule has 0 atom stereocenters. The number of nitrogens with one attached hydrogen (secondary N) is 1. The lowest BCUT2D eigenvalue weighted by atomic mass is 10.1. The fraction of sp³-hybridized carbons (Fsp3) is 0.308. The minimum atomic E-state index is 0.606. The van der Waals surface area contributed by atoms with Crippen molar-refractivity contribution in [2.75, 3.05) is 31.1 Å². The van der Waals surface area contributed by atoms with E-state index in [9.17, 15) is 0 Å². The minimum Gasteiger partial charge on any atom is -0.368 e. The van der Waals surface area contributed by atoms with E-state index in [0.29, 0.717) is 10.0 Å². The topological polar surface area (TPSA) is 28.2 Å². The zero-order valence-corrected chi connectivity index (χ0v) is 11.3. The minimum absolute atomic E-state index is 0.606. The molecule has 94 valence electrons. The lowest BCUT2D eigenvalue weighted by molar-refractivity contribution is 0.590. The third kappa shape index (κ3) is 2.14. The number of rotatable bonds is 1. The van der Waals surface area contributed by atoms with E-state index in [1.807, 2.05) is 12.1 Å². The first-order valence-corrected chi connectivity index (χ1v) is 6.71. The van der Waals surface area contributed by atoms with Crippen LogP contribution in [0.3, 0.4) is 0 Å². The van der Waals surface area contributed by atoms with Crippen LogP contribution < -0.4 is 10.2 Å². The van der Waals surface area contributed by atoms with E-state index in [2.05, 4.69) is 15.2 Å². The maximum atomic E-state index is 6.20. The average molecular weight is 282 g/mol. The number of benzene rings is 1. The molecule has 1 saturated heterocycles. The summed E-state index contributed by atoms with van der Waals surface area (Å²) < 4.78 is 0. The van der Waals surface area contributed by atoms with Crippen molar-refractivity contribution in [3.05, 3.63) is 34.4 Å². The van der Waals surface area contributed by atoms with Crippen LogP contribution in [0.4, 0.5) is 5.69 Å². The molecule has 0 amide bonds. The van der Waals surface area contributed by atoms with Crippen LogP contribution in [0, 0.1) is 0 Å². The molecule has 18 heavy (non-hydrogen) atoms. The molecule has 0 unspecified atom stereocenters. The van der Waals surface area contributed by atoms with Crippen LogP contribution in [0.1, 0.15) is 0 Å². The van der Waals surface area contributed by atoms with Gasteiger partial charge in [0.15, 0.2) is 0 Å². The highest BCUT2D eigenvalue weighted by Crippen LogP contribution is 2.32. The van der Waals surface area contributed by atoms with E-state index < -0.39 is 0 Å². The van der Waals surface area contributed by atoms with Gasteiger partial charge in [-0.1, -0.05) is 23.2 Å². The van der Waals surface area contributed by atoms with Gasteiger partial charge in [0.1, 0.15) is 0 Å². The Morgan fingerprint density at radius 3 is 2.72 bits per heavy atom. The maximum Gasteiger partial charge on any atom is 0.0909 e. The summed E-state index contributed by atoms with van der Waals surface area (Å²) in [5.41, 5.74) is 1.97. The number of halogens is 2. The molecule has 0 spiro atoms. The number of piperazine rings is 1. The summed E-state index contributed by atoms with van der Waals surface area (Å²) >= 11 is 12.3. The van der Waals surface area contributed by atoms with Gasteiger partial charge in [-0.25, -0.2) is 0 Å². The van der Waals surface area contributed by atoms with E-state index in [-0.39, 0.29) is 0 Å². The summed E-state index contributed by atoms with van der Waals surface area (Å²) in [5, 5.41) is 5.63. The van der Waals surface area contributed by atoms with E-state index in [0.717, 1.165) is 42.8 Å². The van der Waals surface area contributed by atoms with Crippen LogP contribution >= 0.6 is 23.2 Å². The molecule has 2 aromatic rings. The number of fused-ring (bicyclic) bond motifs is 1. The van der Waals surface area contributed by atoms with Gasteiger partial charge in [-0.05, 0) is 18.2 Å². The fourth-order valence-corrected chi connectivity index (χ4v) is 2.89. The van der Waals surface area contributed by atoms with Crippen molar-refractivity contribution in [1.82, 2.24) is 10.3 Å². The van der Waals surface area contributed by atoms with Gasteiger partial charge in [-0.2, -0.15) is 0 Å². The normalized spacial score (nSPS) is 16.2. The molecule has 1 aromatic heterocycles. The first-order chi connectivity index (χ1) is 8.75. The molecular weight excluding hydrogens is 269 g/mol. The second kappa shape index (κ2) is 4.92. The zero-order valence-electron chi connectivity index (χ0n) is 9.79. The van der Waals surface area contributed by atoms with Gasteiger partial charge in [-0.3, -0.25) is 4.98 Å².